The van der Waals surface area contributed by atoms with Gasteiger partial charge in [0.05, 0.1) is 18.1 Å². The number of aliphatic hydroxyl groups is 1. The molecule has 1 aromatic carbocycles. The van der Waals surface area contributed by atoms with Crippen molar-refractivity contribution in [2.75, 3.05) is 31.2 Å². The SMILES string of the molecule is C=CCCCCOC(=O)[C@@H]1[C@H]2C(=O)N(CCCCCCO)C(C(=O)N(CC=C)c3cc(C)ccc3C)C23CC[C@@]1(C)O3. The number of carbonyl (C=O) groups is 3. The Hall–Kier alpha value is -2.97. The molecule has 8 heteroatoms. The Bertz CT molecular complexity index is 1180. The molecule has 3 fully saturated rings. The number of hydrogen-bond donors (Lipinski definition) is 1. The molecule has 3 heterocycles. The number of aryl methyl sites for hydroxylation is 2. The highest BCUT2D eigenvalue weighted by molar-refractivity contribution is 6.05. The van der Waals surface area contributed by atoms with Crippen LogP contribution in [-0.2, 0) is 23.9 Å². The average Bonchev–Trinajstić information content (AvgIpc) is 3.53. The molecule has 0 saturated carbocycles. The lowest BCUT2D eigenvalue weighted by molar-refractivity contribution is -0.159. The number of amides is 2. The minimum Gasteiger partial charge on any atom is -0.465 e. The van der Waals surface area contributed by atoms with Gasteiger partial charge in [0.15, 0.2) is 0 Å². The fourth-order valence-electron chi connectivity index (χ4n) is 7.30. The van der Waals surface area contributed by atoms with Crippen LogP contribution in [0.15, 0.2) is 43.5 Å². The van der Waals surface area contributed by atoms with Crippen LogP contribution in [0, 0.1) is 25.7 Å². The largest absolute Gasteiger partial charge is 0.465 e. The van der Waals surface area contributed by atoms with Crippen LogP contribution in [0.2, 0.25) is 0 Å². The molecule has 4 rings (SSSR count). The predicted octanol–water partition coefficient (Wildman–Crippen LogP) is 5.04. The van der Waals surface area contributed by atoms with Crippen LogP contribution in [0.4, 0.5) is 5.69 Å². The van der Waals surface area contributed by atoms with E-state index in [4.69, 9.17) is 9.47 Å². The van der Waals surface area contributed by atoms with E-state index < -0.39 is 35.0 Å². The molecule has 2 bridgehead atoms. The van der Waals surface area contributed by atoms with Crippen molar-refractivity contribution in [3.8, 4) is 0 Å². The zero-order chi connectivity index (χ0) is 30.5. The lowest BCUT2D eigenvalue weighted by atomic mass is 9.66. The van der Waals surface area contributed by atoms with E-state index in [2.05, 4.69) is 13.2 Å². The molecule has 230 valence electrons. The van der Waals surface area contributed by atoms with E-state index in [1.807, 2.05) is 45.0 Å². The Labute approximate surface area is 250 Å². The Morgan fingerprint density at radius 3 is 2.60 bits per heavy atom. The molecular weight excluding hydrogens is 532 g/mol. The number of unbranched alkanes of at least 4 members (excludes halogenated alkanes) is 5. The van der Waals surface area contributed by atoms with E-state index in [0.717, 1.165) is 48.9 Å². The smallest absolute Gasteiger partial charge is 0.312 e. The van der Waals surface area contributed by atoms with Gasteiger partial charge in [-0.2, -0.15) is 0 Å². The molecule has 5 atom stereocenters. The van der Waals surface area contributed by atoms with E-state index in [1.54, 1.807) is 15.9 Å². The molecule has 0 aromatic heterocycles. The van der Waals surface area contributed by atoms with Crippen molar-refractivity contribution >= 4 is 23.5 Å². The van der Waals surface area contributed by atoms with Crippen LogP contribution < -0.4 is 4.90 Å². The normalized spacial score (nSPS) is 27.7. The Balaban J connectivity index is 1.69. The molecule has 0 radical (unpaired) electrons. The van der Waals surface area contributed by atoms with Crippen LogP contribution in [0.25, 0.3) is 0 Å². The minimum atomic E-state index is -1.10. The van der Waals surface area contributed by atoms with Gasteiger partial charge in [-0.3, -0.25) is 14.4 Å². The van der Waals surface area contributed by atoms with Gasteiger partial charge in [0.2, 0.25) is 5.91 Å². The lowest BCUT2D eigenvalue weighted by Gasteiger charge is -2.37. The summed E-state index contributed by atoms with van der Waals surface area (Å²) in [5, 5.41) is 9.20. The van der Waals surface area contributed by atoms with Gasteiger partial charge in [-0.15, -0.1) is 13.2 Å². The fourth-order valence-corrected chi connectivity index (χ4v) is 7.30. The van der Waals surface area contributed by atoms with Gasteiger partial charge in [-0.05, 0) is 82.9 Å². The second kappa shape index (κ2) is 13.6. The first-order chi connectivity index (χ1) is 20.1. The number of carbonyl (C=O) groups excluding carboxylic acids is 3. The number of anilines is 1. The van der Waals surface area contributed by atoms with Gasteiger partial charge < -0.3 is 24.4 Å². The third kappa shape index (κ3) is 5.93. The van der Waals surface area contributed by atoms with E-state index in [1.165, 1.54) is 0 Å². The highest BCUT2D eigenvalue weighted by Crippen LogP contribution is 2.63. The van der Waals surface area contributed by atoms with Crippen LogP contribution >= 0.6 is 0 Å². The number of benzene rings is 1. The predicted molar refractivity (Wildman–Crippen MR) is 163 cm³/mol. The summed E-state index contributed by atoms with van der Waals surface area (Å²) in [7, 11) is 0. The Morgan fingerprint density at radius 1 is 1.12 bits per heavy atom. The van der Waals surface area contributed by atoms with Crippen LogP contribution in [0.5, 0.6) is 0 Å². The standard InChI is InChI=1S/C34H48N2O6/c1-6-8-9-14-22-41-32(40)28-27-30(38)36(20-12-10-11-13-21-37)29(34(27)18-17-33(28,5)42-34)31(39)35(19-7-2)26-23-24(3)15-16-25(26)4/h6-7,15-16,23,27-29,37H,1-2,8-14,17-22H2,3-5H3/t27-,28-,29?,33+,34?/m0/s1. The molecular formula is C34H48N2O6. The molecule has 1 aromatic rings. The summed E-state index contributed by atoms with van der Waals surface area (Å²) in [5.41, 5.74) is 0.790. The van der Waals surface area contributed by atoms with Crippen molar-refractivity contribution in [1.82, 2.24) is 4.90 Å². The van der Waals surface area contributed by atoms with E-state index in [9.17, 15) is 19.5 Å². The molecule has 2 amide bonds. The summed E-state index contributed by atoms with van der Waals surface area (Å²) in [5.74, 6) is -2.36. The van der Waals surface area contributed by atoms with E-state index >= 15 is 0 Å². The Morgan fingerprint density at radius 2 is 1.88 bits per heavy atom. The van der Waals surface area contributed by atoms with Gasteiger partial charge in [0.25, 0.3) is 5.91 Å². The van der Waals surface area contributed by atoms with Crippen LogP contribution in [-0.4, -0.2) is 71.3 Å². The lowest BCUT2D eigenvalue weighted by Crippen LogP contribution is -2.56. The summed E-state index contributed by atoms with van der Waals surface area (Å²) < 4.78 is 12.5. The molecule has 3 aliphatic rings. The van der Waals surface area contributed by atoms with Crippen molar-refractivity contribution < 1.29 is 29.0 Å². The molecule has 8 nitrogen and oxygen atoms in total. The molecule has 1 spiro atoms. The quantitative estimate of drug-likeness (QED) is 0.167. The average molecular weight is 581 g/mol. The highest BCUT2D eigenvalue weighted by Gasteiger charge is 2.78. The molecule has 42 heavy (non-hydrogen) atoms. The summed E-state index contributed by atoms with van der Waals surface area (Å²) in [6, 6.07) is 5.13. The number of allylic oxidation sites excluding steroid dienone is 1. The first kappa shape index (κ1) is 32.0. The summed E-state index contributed by atoms with van der Waals surface area (Å²) in [6.45, 7) is 14.6. The van der Waals surface area contributed by atoms with Gasteiger partial charge in [-0.1, -0.05) is 37.1 Å². The maximum absolute atomic E-state index is 14.7. The number of hydrogen-bond acceptors (Lipinski definition) is 6. The van der Waals surface area contributed by atoms with E-state index in [-0.39, 0.29) is 31.6 Å². The van der Waals surface area contributed by atoms with E-state index in [0.29, 0.717) is 32.2 Å². The minimum absolute atomic E-state index is 0.130. The van der Waals surface area contributed by atoms with Gasteiger partial charge in [-0.25, -0.2) is 0 Å². The Kier molecular flexibility index (Phi) is 10.3. The zero-order valence-electron chi connectivity index (χ0n) is 25.6. The highest BCUT2D eigenvalue weighted by atomic mass is 16.6. The van der Waals surface area contributed by atoms with Crippen molar-refractivity contribution in [2.45, 2.75) is 95.8 Å². The maximum atomic E-state index is 14.7. The summed E-state index contributed by atoms with van der Waals surface area (Å²) in [6.07, 6.45) is 10.1. The molecule has 1 N–H and O–H groups in total. The van der Waals surface area contributed by atoms with Crippen molar-refractivity contribution in [3.05, 3.63) is 54.6 Å². The molecule has 2 unspecified atom stereocenters. The number of esters is 1. The zero-order valence-corrected chi connectivity index (χ0v) is 25.6. The fraction of sp³-hybridized carbons (Fsp3) is 0.618. The van der Waals surface area contributed by atoms with Crippen molar-refractivity contribution in [3.63, 3.8) is 0 Å². The number of ether oxygens (including phenoxy) is 2. The second-order valence-electron chi connectivity index (χ2n) is 12.4. The first-order valence-electron chi connectivity index (χ1n) is 15.5. The summed E-state index contributed by atoms with van der Waals surface area (Å²) in [4.78, 5) is 46.0. The van der Waals surface area contributed by atoms with Gasteiger partial charge >= 0.3 is 5.97 Å². The molecule has 3 saturated heterocycles. The van der Waals surface area contributed by atoms with Crippen LogP contribution in [0.1, 0.15) is 75.8 Å². The first-order valence-corrected chi connectivity index (χ1v) is 15.5. The number of likely N-dealkylation sites (tertiary alicyclic amines) is 1. The third-order valence-corrected chi connectivity index (χ3v) is 9.35. The monoisotopic (exact) mass is 580 g/mol. The number of rotatable bonds is 16. The van der Waals surface area contributed by atoms with Gasteiger partial charge in [0.1, 0.15) is 17.6 Å². The number of fused-ring (bicyclic) bond motifs is 1. The number of nitrogens with zero attached hydrogens (tertiary/aromatic N) is 2. The second-order valence-corrected chi connectivity index (χ2v) is 12.4. The van der Waals surface area contributed by atoms with Crippen LogP contribution in [0.3, 0.4) is 0 Å². The molecule has 3 aliphatic heterocycles. The van der Waals surface area contributed by atoms with Crippen molar-refractivity contribution in [1.29, 1.82) is 0 Å². The summed E-state index contributed by atoms with van der Waals surface area (Å²) >= 11 is 0. The maximum Gasteiger partial charge on any atom is 0.312 e. The number of aliphatic hydroxyl groups excluding tert-OH is 1. The van der Waals surface area contributed by atoms with Crippen molar-refractivity contribution in [2.24, 2.45) is 11.8 Å². The topological polar surface area (TPSA) is 96.4 Å². The van der Waals surface area contributed by atoms with Gasteiger partial charge in [0, 0.05) is 25.4 Å². The third-order valence-electron chi connectivity index (χ3n) is 9.35. The molecule has 0 aliphatic carbocycles.